The zero-order valence-electron chi connectivity index (χ0n) is 13.5. The van der Waals surface area contributed by atoms with Crippen LogP contribution < -0.4 is 5.32 Å². The maximum Gasteiger partial charge on any atom is 0.460 e. The second-order valence-corrected chi connectivity index (χ2v) is 5.82. The maximum atomic E-state index is 14.7. The third-order valence-corrected chi connectivity index (χ3v) is 4.08. The molecule has 1 aromatic carbocycles. The second kappa shape index (κ2) is 6.87. The molecule has 0 saturated carbocycles. The van der Waals surface area contributed by atoms with Crippen LogP contribution in [0.2, 0.25) is 0 Å². The number of hydrogen-bond acceptors (Lipinski definition) is 3. The quantitative estimate of drug-likeness (QED) is 0.551. The summed E-state index contributed by atoms with van der Waals surface area (Å²) >= 11 is 0. The van der Waals surface area contributed by atoms with E-state index in [0.29, 0.717) is 0 Å². The highest BCUT2D eigenvalue weighted by Crippen LogP contribution is 2.57. The topological polar surface area (TPSA) is 38.3 Å². The van der Waals surface area contributed by atoms with E-state index in [0.717, 1.165) is 24.3 Å². The molecule has 1 heterocycles. The van der Waals surface area contributed by atoms with E-state index in [-0.39, 0.29) is 0 Å². The maximum absolute atomic E-state index is 14.7. The van der Waals surface area contributed by atoms with Gasteiger partial charge < -0.3 is 4.74 Å². The SMILES string of the molecule is O=C(c1ccccc1)C(F)C1(C(F)(F)C(F)(F)C(F)(F)C(F)(F)F)NCCO1. The van der Waals surface area contributed by atoms with Gasteiger partial charge in [0.15, 0.2) is 0 Å². The lowest BCUT2D eigenvalue weighted by Gasteiger charge is -2.43. The molecule has 2 unspecified atom stereocenters. The van der Waals surface area contributed by atoms with Gasteiger partial charge in [-0.25, -0.2) is 4.39 Å². The van der Waals surface area contributed by atoms with Crippen molar-refractivity contribution in [1.29, 1.82) is 0 Å². The number of rotatable bonds is 6. The molecular weight excluding hydrogens is 416 g/mol. The number of alkyl halides is 10. The normalized spacial score (nSPS) is 22.9. The van der Waals surface area contributed by atoms with Crippen molar-refractivity contribution in [3.8, 4) is 0 Å². The van der Waals surface area contributed by atoms with E-state index in [1.165, 1.54) is 11.4 Å². The van der Waals surface area contributed by atoms with E-state index in [4.69, 9.17) is 0 Å². The van der Waals surface area contributed by atoms with Crippen LogP contribution in [-0.2, 0) is 4.74 Å². The van der Waals surface area contributed by atoms with E-state index in [9.17, 15) is 48.7 Å². The molecule has 1 saturated heterocycles. The first kappa shape index (κ1) is 22.4. The van der Waals surface area contributed by atoms with Crippen LogP contribution in [0.3, 0.4) is 0 Å². The molecule has 1 aliphatic heterocycles. The lowest BCUT2D eigenvalue weighted by Crippen LogP contribution is -2.75. The van der Waals surface area contributed by atoms with E-state index in [2.05, 4.69) is 4.74 Å². The van der Waals surface area contributed by atoms with Gasteiger partial charge in [-0.2, -0.15) is 39.5 Å². The van der Waals surface area contributed by atoms with Crippen molar-refractivity contribution in [3.63, 3.8) is 0 Å². The van der Waals surface area contributed by atoms with Gasteiger partial charge in [0.05, 0.1) is 6.61 Å². The minimum Gasteiger partial charge on any atom is -0.350 e. The van der Waals surface area contributed by atoms with E-state index in [1.807, 2.05) is 0 Å². The molecule has 0 bridgehead atoms. The molecule has 1 fully saturated rings. The Morgan fingerprint density at radius 2 is 1.50 bits per heavy atom. The highest BCUT2D eigenvalue weighted by atomic mass is 19.4. The Morgan fingerprint density at radius 3 is 1.93 bits per heavy atom. The Hall–Kier alpha value is -1.89. The monoisotopic (exact) mass is 427 g/mol. The summed E-state index contributed by atoms with van der Waals surface area (Å²) in [6.45, 7) is -1.77. The van der Waals surface area contributed by atoms with Gasteiger partial charge in [0.1, 0.15) is 0 Å². The van der Waals surface area contributed by atoms with Gasteiger partial charge in [0.25, 0.3) is 0 Å². The molecule has 2 rings (SSSR count). The molecule has 0 amide bonds. The van der Waals surface area contributed by atoms with Crippen molar-refractivity contribution < 1.29 is 53.4 Å². The fourth-order valence-corrected chi connectivity index (χ4v) is 2.57. The molecule has 28 heavy (non-hydrogen) atoms. The van der Waals surface area contributed by atoms with Gasteiger partial charge in [-0.05, 0) is 0 Å². The van der Waals surface area contributed by atoms with E-state index < -0.39 is 60.3 Å². The van der Waals surface area contributed by atoms with Crippen LogP contribution in [0.1, 0.15) is 10.4 Å². The van der Waals surface area contributed by atoms with Crippen molar-refractivity contribution in [1.82, 2.24) is 5.32 Å². The first-order valence-corrected chi connectivity index (χ1v) is 7.46. The van der Waals surface area contributed by atoms with Crippen LogP contribution in [0.5, 0.6) is 0 Å². The van der Waals surface area contributed by atoms with Gasteiger partial charge in [-0.15, -0.1) is 0 Å². The van der Waals surface area contributed by atoms with Gasteiger partial charge in [0.2, 0.25) is 17.7 Å². The molecule has 0 radical (unpaired) electrons. The molecular formula is C15H11F10NO2. The average molecular weight is 427 g/mol. The summed E-state index contributed by atoms with van der Waals surface area (Å²) in [5.41, 5.74) is -5.06. The van der Waals surface area contributed by atoms with E-state index >= 15 is 0 Å². The zero-order valence-corrected chi connectivity index (χ0v) is 13.5. The smallest absolute Gasteiger partial charge is 0.350 e. The number of hydrogen-bond donors (Lipinski definition) is 1. The largest absolute Gasteiger partial charge is 0.460 e. The molecule has 158 valence electrons. The highest BCUT2D eigenvalue weighted by molar-refractivity contribution is 6.00. The zero-order chi connectivity index (χ0) is 21.6. The standard InChI is InChI=1S/C15H11F10NO2/c16-10(9(27)8-4-2-1-3-5-8)11(26-6-7-28-11)12(17,18)13(19,20)14(21,22)15(23,24)25/h1-5,10,26H,6-7H2. The van der Waals surface area contributed by atoms with Crippen molar-refractivity contribution >= 4 is 5.78 Å². The summed E-state index contributed by atoms with van der Waals surface area (Å²) in [6.07, 6.45) is -10.8. The lowest BCUT2D eigenvalue weighted by atomic mass is 9.87. The van der Waals surface area contributed by atoms with Gasteiger partial charge >= 0.3 is 23.9 Å². The first-order chi connectivity index (χ1) is 12.6. The van der Waals surface area contributed by atoms with E-state index in [1.54, 1.807) is 0 Å². The Kier molecular flexibility index (Phi) is 5.49. The Morgan fingerprint density at radius 1 is 0.964 bits per heavy atom. The summed E-state index contributed by atoms with van der Waals surface area (Å²) in [4.78, 5) is 12.1. The Labute approximate surface area is 150 Å². The highest BCUT2D eigenvalue weighted by Gasteiger charge is 2.88. The van der Waals surface area contributed by atoms with Crippen molar-refractivity contribution in [2.75, 3.05) is 13.2 Å². The van der Waals surface area contributed by atoms with Crippen molar-refractivity contribution in [3.05, 3.63) is 35.9 Å². The summed E-state index contributed by atoms with van der Waals surface area (Å²) in [5.74, 6) is -22.8. The van der Waals surface area contributed by atoms with Crippen LogP contribution in [0, 0.1) is 0 Å². The third kappa shape index (κ3) is 3.04. The molecule has 3 nitrogen and oxygen atoms in total. The molecule has 0 aromatic heterocycles. The van der Waals surface area contributed by atoms with Crippen molar-refractivity contribution in [2.45, 2.75) is 35.8 Å². The lowest BCUT2D eigenvalue weighted by molar-refractivity contribution is -0.421. The molecule has 1 N–H and O–H groups in total. The van der Waals surface area contributed by atoms with Crippen LogP contribution in [0.15, 0.2) is 30.3 Å². The number of halogens is 10. The average Bonchev–Trinajstić information content (AvgIpc) is 3.11. The molecule has 0 aliphatic carbocycles. The number of benzene rings is 1. The van der Waals surface area contributed by atoms with Crippen molar-refractivity contribution in [2.24, 2.45) is 0 Å². The third-order valence-electron chi connectivity index (χ3n) is 4.08. The van der Waals surface area contributed by atoms with Crippen LogP contribution in [0.25, 0.3) is 0 Å². The number of ether oxygens (including phenoxy) is 1. The predicted molar refractivity (Wildman–Crippen MR) is 73.3 cm³/mol. The summed E-state index contributed by atoms with van der Waals surface area (Å²) in [7, 11) is 0. The van der Waals surface area contributed by atoms with Crippen LogP contribution in [-0.4, -0.2) is 54.8 Å². The molecule has 1 aliphatic rings. The second-order valence-electron chi connectivity index (χ2n) is 5.82. The number of nitrogens with one attached hydrogen (secondary N) is 1. The first-order valence-electron chi connectivity index (χ1n) is 7.46. The number of Topliss-reactive ketones (excluding diaryl/α,β-unsaturated/α-hetero) is 1. The minimum absolute atomic E-state index is 0.617. The van der Waals surface area contributed by atoms with Gasteiger partial charge in [-0.1, -0.05) is 30.3 Å². The molecule has 13 heteroatoms. The summed E-state index contributed by atoms with van der Waals surface area (Å²) < 4.78 is 138. The minimum atomic E-state index is -7.25. The summed E-state index contributed by atoms with van der Waals surface area (Å²) in [5, 5.41) is 1.34. The Bertz CT molecular complexity index is 713. The molecule has 2 atom stereocenters. The van der Waals surface area contributed by atoms with Gasteiger partial charge in [-0.3, -0.25) is 10.1 Å². The number of carbonyl (C=O) groups excluding carboxylic acids is 1. The predicted octanol–water partition coefficient (Wildman–Crippen LogP) is 3.99. The fraction of sp³-hybridized carbons (Fsp3) is 0.533. The molecule has 0 spiro atoms. The van der Waals surface area contributed by atoms with Crippen LogP contribution in [0.4, 0.5) is 43.9 Å². The number of carbonyl (C=O) groups is 1. The van der Waals surface area contributed by atoms with Crippen LogP contribution >= 0.6 is 0 Å². The molecule has 1 aromatic rings. The Balaban J connectivity index is 2.56. The van der Waals surface area contributed by atoms with Gasteiger partial charge in [0, 0.05) is 12.1 Å². The fourth-order valence-electron chi connectivity index (χ4n) is 2.57. The summed E-state index contributed by atoms with van der Waals surface area (Å²) in [6, 6.07) is 5.44. The number of ketones is 1.